The van der Waals surface area contributed by atoms with Crippen LogP contribution in [0.1, 0.15) is 13.3 Å². The van der Waals surface area contributed by atoms with Crippen LogP contribution in [0.3, 0.4) is 0 Å². The zero-order chi connectivity index (χ0) is 12.7. The first-order valence-corrected chi connectivity index (χ1v) is 5.55. The van der Waals surface area contributed by atoms with Gasteiger partial charge >= 0.3 is 0 Å². The summed E-state index contributed by atoms with van der Waals surface area (Å²) < 4.78 is 30.8. The Morgan fingerprint density at radius 1 is 1.35 bits per heavy atom. The standard InChI is InChI=1S/C12H17F2NO2/c1-9(15-5-2-6-16)8-17-10-3-4-11(13)12(14)7-10/h3-4,7,9,15-16H,2,5-6,8H2,1H3. The van der Waals surface area contributed by atoms with Gasteiger partial charge in [-0.1, -0.05) is 0 Å². The molecule has 0 amide bonds. The van der Waals surface area contributed by atoms with E-state index in [-0.39, 0.29) is 12.6 Å². The zero-order valence-electron chi connectivity index (χ0n) is 9.75. The number of hydrogen-bond acceptors (Lipinski definition) is 3. The minimum absolute atomic E-state index is 0.0784. The molecule has 0 saturated heterocycles. The monoisotopic (exact) mass is 245 g/mol. The first kappa shape index (κ1) is 13.9. The number of nitrogens with one attached hydrogen (secondary N) is 1. The van der Waals surface area contributed by atoms with Gasteiger partial charge in [0.2, 0.25) is 0 Å². The van der Waals surface area contributed by atoms with Crippen molar-refractivity contribution in [3.63, 3.8) is 0 Å². The van der Waals surface area contributed by atoms with Gasteiger partial charge in [0.15, 0.2) is 11.6 Å². The van der Waals surface area contributed by atoms with E-state index in [0.717, 1.165) is 12.1 Å². The van der Waals surface area contributed by atoms with Crippen molar-refractivity contribution in [1.29, 1.82) is 0 Å². The lowest BCUT2D eigenvalue weighted by atomic mass is 10.3. The minimum atomic E-state index is -0.914. The number of rotatable bonds is 7. The summed E-state index contributed by atoms with van der Waals surface area (Å²) in [4.78, 5) is 0. The smallest absolute Gasteiger partial charge is 0.162 e. The van der Waals surface area contributed by atoms with E-state index in [9.17, 15) is 8.78 Å². The number of halogens is 2. The lowest BCUT2D eigenvalue weighted by molar-refractivity contribution is 0.256. The van der Waals surface area contributed by atoms with Crippen LogP contribution in [-0.4, -0.2) is 30.9 Å². The van der Waals surface area contributed by atoms with E-state index in [1.54, 1.807) is 0 Å². The molecule has 17 heavy (non-hydrogen) atoms. The Hall–Kier alpha value is -1.20. The SMILES string of the molecule is CC(COc1ccc(F)c(F)c1)NCCCO. The summed E-state index contributed by atoms with van der Waals surface area (Å²) in [5.41, 5.74) is 0. The molecule has 5 heteroatoms. The van der Waals surface area contributed by atoms with Crippen molar-refractivity contribution in [1.82, 2.24) is 5.32 Å². The predicted molar refractivity (Wildman–Crippen MR) is 61.0 cm³/mol. The highest BCUT2D eigenvalue weighted by molar-refractivity contribution is 5.23. The van der Waals surface area contributed by atoms with E-state index >= 15 is 0 Å². The second-order valence-electron chi connectivity index (χ2n) is 3.82. The highest BCUT2D eigenvalue weighted by Crippen LogP contribution is 2.15. The molecule has 0 aliphatic rings. The van der Waals surface area contributed by atoms with E-state index < -0.39 is 11.6 Å². The van der Waals surface area contributed by atoms with Crippen LogP contribution in [0.5, 0.6) is 5.75 Å². The fourth-order valence-electron chi connectivity index (χ4n) is 1.27. The quantitative estimate of drug-likeness (QED) is 0.718. The van der Waals surface area contributed by atoms with Gasteiger partial charge in [0.25, 0.3) is 0 Å². The molecule has 1 atom stereocenters. The Morgan fingerprint density at radius 3 is 2.76 bits per heavy atom. The molecule has 96 valence electrons. The summed E-state index contributed by atoms with van der Waals surface area (Å²) in [5.74, 6) is -1.49. The maximum atomic E-state index is 12.9. The van der Waals surface area contributed by atoms with E-state index in [1.165, 1.54) is 6.07 Å². The molecule has 1 aromatic rings. The van der Waals surface area contributed by atoms with Gasteiger partial charge in [0.05, 0.1) is 0 Å². The Balaban J connectivity index is 2.31. The third kappa shape index (κ3) is 5.10. The summed E-state index contributed by atoms with van der Waals surface area (Å²) in [7, 11) is 0. The molecule has 0 aromatic heterocycles. The summed E-state index contributed by atoms with van der Waals surface area (Å²) >= 11 is 0. The second kappa shape index (κ2) is 7.19. The first-order chi connectivity index (χ1) is 8.13. The van der Waals surface area contributed by atoms with Crippen molar-refractivity contribution < 1.29 is 18.6 Å². The average Bonchev–Trinajstić information content (AvgIpc) is 2.31. The Labute approximate surface area is 99.4 Å². The molecule has 0 heterocycles. The van der Waals surface area contributed by atoms with Crippen molar-refractivity contribution in [2.45, 2.75) is 19.4 Å². The van der Waals surface area contributed by atoms with E-state index in [0.29, 0.717) is 25.3 Å². The van der Waals surface area contributed by atoms with Gasteiger partial charge < -0.3 is 15.2 Å². The van der Waals surface area contributed by atoms with E-state index in [2.05, 4.69) is 5.32 Å². The van der Waals surface area contributed by atoms with Gasteiger partial charge in [0.1, 0.15) is 12.4 Å². The highest BCUT2D eigenvalue weighted by Gasteiger charge is 2.05. The predicted octanol–water partition coefficient (Wildman–Crippen LogP) is 1.70. The van der Waals surface area contributed by atoms with Crippen LogP contribution in [0.2, 0.25) is 0 Å². The summed E-state index contributed by atoms with van der Waals surface area (Å²) in [5, 5.41) is 11.7. The van der Waals surface area contributed by atoms with Gasteiger partial charge in [-0.05, 0) is 32.0 Å². The fraction of sp³-hybridized carbons (Fsp3) is 0.500. The topological polar surface area (TPSA) is 41.5 Å². The normalized spacial score (nSPS) is 12.5. The highest BCUT2D eigenvalue weighted by atomic mass is 19.2. The number of aliphatic hydroxyl groups excluding tert-OH is 1. The van der Waals surface area contributed by atoms with Crippen LogP contribution in [0, 0.1) is 11.6 Å². The van der Waals surface area contributed by atoms with Crippen molar-refractivity contribution in [3.8, 4) is 5.75 Å². The van der Waals surface area contributed by atoms with Crippen LogP contribution >= 0.6 is 0 Å². The Kier molecular flexibility index (Phi) is 5.86. The van der Waals surface area contributed by atoms with Gasteiger partial charge in [-0.2, -0.15) is 0 Å². The molecule has 0 aliphatic carbocycles. The molecule has 0 fully saturated rings. The molecule has 1 unspecified atom stereocenters. The molecule has 0 radical (unpaired) electrons. The number of hydrogen-bond donors (Lipinski definition) is 2. The average molecular weight is 245 g/mol. The molecule has 1 rings (SSSR count). The first-order valence-electron chi connectivity index (χ1n) is 5.55. The molecular formula is C12H17F2NO2. The van der Waals surface area contributed by atoms with Crippen molar-refractivity contribution in [2.24, 2.45) is 0 Å². The van der Waals surface area contributed by atoms with Crippen molar-refractivity contribution in [2.75, 3.05) is 19.8 Å². The Bertz CT molecular complexity index is 347. The van der Waals surface area contributed by atoms with Crippen molar-refractivity contribution in [3.05, 3.63) is 29.8 Å². The Morgan fingerprint density at radius 2 is 2.12 bits per heavy atom. The third-order valence-electron chi connectivity index (χ3n) is 2.22. The molecule has 0 aliphatic heterocycles. The second-order valence-corrected chi connectivity index (χ2v) is 3.82. The van der Waals surface area contributed by atoms with E-state index in [1.807, 2.05) is 6.92 Å². The van der Waals surface area contributed by atoms with E-state index in [4.69, 9.17) is 9.84 Å². The third-order valence-corrected chi connectivity index (χ3v) is 2.22. The summed E-state index contributed by atoms with van der Waals surface area (Å²) in [6, 6.07) is 3.53. The van der Waals surface area contributed by atoms with Gasteiger partial charge in [-0.3, -0.25) is 0 Å². The molecule has 3 nitrogen and oxygen atoms in total. The number of benzene rings is 1. The lowest BCUT2D eigenvalue weighted by Gasteiger charge is -2.14. The molecule has 1 aromatic carbocycles. The molecule has 0 bridgehead atoms. The maximum Gasteiger partial charge on any atom is 0.162 e. The molecule has 0 spiro atoms. The summed E-state index contributed by atoms with van der Waals surface area (Å²) in [6.45, 7) is 3.11. The zero-order valence-corrected chi connectivity index (χ0v) is 9.75. The van der Waals surface area contributed by atoms with Gasteiger partial charge in [-0.25, -0.2) is 8.78 Å². The molecule has 0 saturated carbocycles. The van der Waals surface area contributed by atoms with Crippen LogP contribution in [-0.2, 0) is 0 Å². The molecule has 2 N–H and O–H groups in total. The van der Waals surface area contributed by atoms with Gasteiger partial charge in [-0.15, -0.1) is 0 Å². The number of ether oxygens (including phenoxy) is 1. The van der Waals surface area contributed by atoms with Crippen LogP contribution < -0.4 is 10.1 Å². The largest absolute Gasteiger partial charge is 0.492 e. The minimum Gasteiger partial charge on any atom is -0.492 e. The van der Waals surface area contributed by atoms with Crippen molar-refractivity contribution >= 4 is 0 Å². The number of aliphatic hydroxyl groups is 1. The summed E-state index contributed by atoms with van der Waals surface area (Å²) in [6.07, 6.45) is 0.676. The maximum absolute atomic E-state index is 12.9. The molecular weight excluding hydrogens is 228 g/mol. The van der Waals surface area contributed by atoms with Gasteiger partial charge in [0, 0.05) is 18.7 Å². The van der Waals surface area contributed by atoms with Crippen LogP contribution in [0.4, 0.5) is 8.78 Å². The lowest BCUT2D eigenvalue weighted by Crippen LogP contribution is -2.32. The fourth-order valence-corrected chi connectivity index (χ4v) is 1.27. The van der Waals surface area contributed by atoms with Crippen LogP contribution in [0.15, 0.2) is 18.2 Å². The van der Waals surface area contributed by atoms with Crippen LogP contribution in [0.25, 0.3) is 0 Å².